The van der Waals surface area contributed by atoms with Crippen LogP contribution in [0.2, 0.25) is 0 Å². The van der Waals surface area contributed by atoms with Gasteiger partial charge in [-0.2, -0.15) is 25.3 Å². The molecule has 31 heteroatoms. The van der Waals surface area contributed by atoms with Gasteiger partial charge in [-0.15, -0.1) is 0 Å². The predicted octanol–water partition coefficient (Wildman–Crippen LogP) is 33.0. The molecule has 0 saturated carbocycles. The number of rotatable bonds is 84. The summed E-state index contributed by atoms with van der Waals surface area (Å²) in [5, 5.41) is 0. The first-order valence-electron chi connectivity index (χ1n) is 53.1. The van der Waals surface area contributed by atoms with E-state index >= 15 is 0 Å². The van der Waals surface area contributed by atoms with Crippen LogP contribution in [-0.4, -0.2) is 159 Å². The molecule has 0 aromatic heterocycles. The van der Waals surface area contributed by atoms with Crippen LogP contribution >= 0.6 is 73.3 Å². The van der Waals surface area contributed by atoms with Crippen LogP contribution in [0.5, 0.6) is 0 Å². The van der Waals surface area contributed by atoms with Crippen molar-refractivity contribution >= 4 is 250 Å². The Bertz CT molecular complexity index is 1720. The topological polar surface area (TPSA) is 122 Å². The van der Waals surface area contributed by atoms with E-state index in [4.69, 9.17) is 174 Å². The predicted molar refractivity (Wildman–Crippen MR) is 639 cm³/mol. The summed E-state index contributed by atoms with van der Waals surface area (Å²) in [7, 11) is 0. The molecule has 0 aliphatic carbocycles. The standard InChI is InChI=1S/6C17H35NS2.Mo.6OS/c6*1-3-5-7-9-11-13-15-18(17(19)20)16-14-12-10-8-6-4-2;;6*1-2/h6*3-16H2,1-2H3,(H,19,20);;;;;;;/q;;;;;;+6;;;;;;/p-6. The Hall–Kier alpha value is 1.47. The smallest absolute Gasteiger partial charge is 0.411 e. The molecule has 792 valence electrons. The Morgan fingerprint density at radius 1 is 0.128 bits per heavy atom. The molecule has 0 N–H and O–H groups in total. The average Bonchev–Trinajstić information content (AvgIpc) is 0.999. The van der Waals surface area contributed by atoms with Gasteiger partial charge in [0, 0.05) is 78.5 Å². The van der Waals surface area contributed by atoms with Gasteiger partial charge in [-0.1, -0.05) is 494 Å². The summed E-state index contributed by atoms with van der Waals surface area (Å²) in [6.07, 6.45) is 96.1. The zero-order valence-corrected chi connectivity index (χ0v) is 104. The second-order valence-corrected chi connectivity index (χ2v) is 40.9. The SMILES string of the molecule is CCCCCCCCN(CCCCCCCC)C(=S)[S-].CCCCCCCCN(CCCCCCCC)C(=S)[S-].CCCCCCCCN(CCCCCCCC)C(=S)[S-].CCCCCCCCN(CCCCCCCC)C(=S)[S-].CCCCCCCCN(CCCCCCCC)C(=S)[S-].CCCCCCCCN(CCCCCCCC)C(=S)[S-].O=S.O=S.O=S.O=S.O=S.O=S.[Mo+6]. The second kappa shape index (κ2) is 159. The Morgan fingerprint density at radius 3 is 0.233 bits per heavy atom. The molecular formula is C102H204MoN6O6S18. The summed E-state index contributed by atoms with van der Waals surface area (Å²) >= 11 is 79.4. The van der Waals surface area contributed by atoms with E-state index in [2.05, 4.69) is 188 Å². The molecule has 0 unspecified atom stereocenters. The summed E-state index contributed by atoms with van der Waals surface area (Å²) < 4.78 is 51.0. The molecule has 0 aliphatic rings. The zero-order chi connectivity index (χ0) is 102. The van der Waals surface area contributed by atoms with Crippen molar-refractivity contribution in [2.75, 3.05) is 78.5 Å². The number of hydrogen-bond acceptors (Lipinski definition) is 24. The van der Waals surface area contributed by atoms with Crippen LogP contribution in [0.25, 0.3) is 0 Å². The van der Waals surface area contributed by atoms with Gasteiger partial charge in [-0.3, -0.25) is 0 Å². The van der Waals surface area contributed by atoms with Gasteiger partial charge in [-0.25, -0.2) is 0 Å². The summed E-state index contributed by atoms with van der Waals surface area (Å²) in [6.45, 7) is 40.0. The Kier molecular flexibility index (Phi) is 194. The van der Waals surface area contributed by atoms with Crippen LogP contribution in [0.1, 0.15) is 545 Å². The molecule has 12 nitrogen and oxygen atoms in total. The second-order valence-electron chi connectivity index (χ2n) is 34.7. The van der Waals surface area contributed by atoms with Gasteiger partial charge in [0.05, 0.1) is 0 Å². The fraction of sp³-hybridized carbons (Fsp3) is 0.941. The largest absolute Gasteiger partial charge is 6.00 e. The van der Waals surface area contributed by atoms with E-state index in [1.54, 1.807) is 0 Å². The van der Waals surface area contributed by atoms with Crippen LogP contribution in [-0.2, 0) is 172 Å². The average molecular weight is 2280 g/mol. The molecular weight excluding hydrogens is 2080 g/mol. The molecule has 0 spiro atoms. The molecule has 0 fully saturated rings. The van der Waals surface area contributed by atoms with Crippen molar-refractivity contribution in [1.29, 1.82) is 0 Å². The van der Waals surface area contributed by atoms with Gasteiger partial charge in [0.15, 0.2) is 75.2 Å². The van der Waals surface area contributed by atoms with Gasteiger partial charge in [-0.05, 0) is 77.0 Å². The van der Waals surface area contributed by atoms with Crippen molar-refractivity contribution < 1.29 is 46.3 Å². The number of hydrogen-bond donors (Lipinski definition) is 0. The molecule has 0 radical (unpaired) electrons. The van der Waals surface area contributed by atoms with E-state index in [1.165, 1.54) is 462 Å². The van der Waals surface area contributed by atoms with Crippen LogP contribution in [0.3, 0.4) is 0 Å². The number of unbranched alkanes of at least 4 members (excludes halogenated alkanes) is 60. The normalized spacial score (nSPS) is 9.83. The summed E-state index contributed by atoms with van der Waals surface area (Å²) in [5.74, 6) is 0. The Morgan fingerprint density at radius 2 is 0.180 bits per heavy atom. The molecule has 0 aromatic carbocycles. The van der Waals surface area contributed by atoms with Crippen molar-refractivity contribution in [3.05, 3.63) is 0 Å². The monoisotopic (exact) mass is 2280 g/mol. The van der Waals surface area contributed by atoms with Crippen molar-refractivity contribution in [3.8, 4) is 0 Å². The zero-order valence-electron chi connectivity index (χ0n) is 87.3. The fourth-order valence-electron chi connectivity index (χ4n) is 14.8. The van der Waals surface area contributed by atoms with Gasteiger partial charge >= 0.3 is 21.1 Å². The third kappa shape index (κ3) is 156. The van der Waals surface area contributed by atoms with Crippen LogP contribution in [0.15, 0.2) is 0 Å². The minimum absolute atomic E-state index is 0. The Labute approximate surface area is 939 Å². The maximum Gasteiger partial charge on any atom is 6.00 e. The van der Waals surface area contributed by atoms with E-state index in [1.807, 2.05) is 0 Å². The van der Waals surface area contributed by atoms with Crippen LogP contribution in [0.4, 0.5) is 0 Å². The maximum absolute atomic E-state index is 7.83. The molecule has 0 aliphatic heterocycles. The number of thiocarbonyl (C=S) groups is 6. The number of nitrogens with zero attached hydrogens (tertiary/aromatic N) is 6. The first kappa shape index (κ1) is 162. The van der Waals surface area contributed by atoms with Crippen LogP contribution in [0, 0.1) is 0 Å². The quantitative estimate of drug-likeness (QED) is 0.0248. The van der Waals surface area contributed by atoms with Gasteiger partial charge in [0.25, 0.3) is 0 Å². The first-order valence-corrected chi connectivity index (χ1v) is 60.0. The van der Waals surface area contributed by atoms with Gasteiger partial charge < -0.3 is 178 Å². The molecule has 0 aromatic rings. The minimum atomic E-state index is 0. The molecule has 0 amide bonds. The van der Waals surface area contributed by atoms with E-state index < -0.39 is 0 Å². The minimum Gasteiger partial charge on any atom is -0.411 e. The molecule has 0 rings (SSSR count). The van der Waals surface area contributed by atoms with E-state index in [0.29, 0.717) is 25.9 Å². The van der Waals surface area contributed by atoms with Crippen molar-refractivity contribution in [3.63, 3.8) is 0 Å². The fourth-order valence-corrected chi connectivity index (χ4v) is 17.0. The van der Waals surface area contributed by atoms with E-state index in [0.717, 1.165) is 78.5 Å². The summed E-state index contributed by atoms with van der Waals surface area (Å²) in [4.78, 5) is 13.4. The molecule has 0 heterocycles. The van der Waals surface area contributed by atoms with Gasteiger partial charge in [0.2, 0.25) is 0 Å². The third-order valence-electron chi connectivity index (χ3n) is 22.9. The molecule has 0 saturated heterocycles. The summed E-state index contributed by atoms with van der Waals surface area (Å²) in [6, 6.07) is 0. The van der Waals surface area contributed by atoms with Crippen molar-refractivity contribution in [1.82, 2.24) is 29.4 Å². The first-order chi connectivity index (χ1) is 64.3. The third-order valence-corrected chi connectivity index (χ3v) is 26.0. The molecule has 0 bridgehead atoms. The van der Waals surface area contributed by atoms with E-state index in [-0.39, 0.29) is 21.1 Å². The molecule has 133 heavy (non-hydrogen) atoms. The molecule has 0 atom stereocenters. The Balaban J connectivity index is -0.000000115. The van der Waals surface area contributed by atoms with E-state index in [9.17, 15) is 0 Å². The van der Waals surface area contributed by atoms with Gasteiger partial charge in [0.1, 0.15) is 0 Å². The van der Waals surface area contributed by atoms with Crippen LogP contribution < -0.4 is 0 Å². The van der Waals surface area contributed by atoms with Crippen molar-refractivity contribution in [2.24, 2.45) is 0 Å². The van der Waals surface area contributed by atoms with Crippen molar-refractivity contribution in [2.45, 2.75) is 545 Å². The summed E-state index contributed by atoms with van der Waals surface area (Å²) in [5.41, 5.74) is 0. The maximum atomic E-state index is 7.83.